The Hall–Kier alpha value is -2.64. The molecular formula is C30H48N2O5. The van der Waals surface area contributed by atoms with E-state index < -0.39 is 0 Å². The van der Waals surface area contributed by atoms with Crippen molar-refractivity contribution in [3.63, 3.8) is 0 Å². The van der Waals surface area contributed by atoms with E-state index in [9.17, 15) is 0 Å². The van der Waals surface area contributed by atoms with Gasteiger partial charge in [0.15, 0.2) is 23.0 Å². The minimum atomic E-state index is 0.162. The number of hydrogen-bond acceptors (Lipinski definition) is 7. The maximum absolute atomic E-state index is 5.67. The molecule has 0 aliphatic heterocycles. The Morgan fingerprint density at radius 3 is 1.89 bits per heavy atom. The first kappa shape index (κ1) is 30.6. The minimum Gasteiger partial charge on any atom is -0.493 e. The topological polar surface area (TPSA) is 70.2 Å². The highest BCUT2D eigenvalue weighted by molar-refractivity contribution is 5.54. The van der Waals surface area contributed by atoms with Gasteiger partial charge in [0, 0.05) is 18.6 Å². The molecule has 0 bridgehead atoms. The van der Waals surface area contributed by atoms with Crippen LogP contribution in [0.2, 0.25) is 0 Å². The Kier molecular flexibility index (Phi) is 12.9. The SMILES string of the molecule is CCC(C)NC(c1cc(OC)c(OC)c(OC)c1)C(CCCNCc1ccc(OC)c(OC)c1)C(C)C. The van der Waals surface area contributed by atoms with E-state index in [-0.39, 0.29) is 6.04 Å². The van der Waals surface area contributed by atoms with Crippen LogP contribution in [-0.2, 0) is 6.54 Å². The van der Waals surface area contributed by atoms with Gasteiger partial charge in [-0.2, -0.15) is 0 Å². The largest absolute Gasteiger partial charge is 0.493 e. The fourth-order valence-corrected chi connectivity index (χ4v) is 4.74. The van der Waals surface area contributed by atoms with E-state index in [0.717, 1.165) is 49.4 Å². The van der Waals surface area contributed by atoms with Crippen molar-refractivity contribution in [3.05, 3.63) is 41.5 Å². The van der Waals surface area contributed by atoms with E-state index in [1.54, 1.807) is 35.5 Å². The summed E-state index contributed by atoms with van der Waals surface area (Å²) < 4.78 is 27.7. The van der Waals surface area contributed by atoms with Crippen molar-refractivity contribution in [2.24, 2.45) is 11.8 Å². The van der Waals surface area contributed by atoms with Crippen LogP contribution < -0.4 is 34.3 Å². The molecule has 7 nitrogen and oxygen atoms in total. The lowest BCUT2D eigenvalue weighted by Crippen LogP contribution is -2.37. The minimum absolute atomic E-state index is 0.162. The van der Waals surface area contributed by atoms with Gasteiger partial charge in [-0.15, -0.1) is 0 Å². The molecule has 7 heteroatoms. The van der Waals surface area contributed by atoms with E-state index in [2.05, 4.69) is 56.5 Å². The van der Waals surface area contributed by atoms with E-state index >= 15 is 0 Å². The molecule has 3 unspecified atom stereocenters. The van der Waals surface area contributed by atoms with Crippen molar-refractivity contribution in [1.29, 1.82) is 0 Å². The predicted molar refractivity (Wildman–Crippen MR) is 151 cm³/mol. The van der Waals surface area contributed by atoms with Crippen molar-refractivity contribution in [2.45, 2.75) is 65.6 Å². The molecule has 2 aromatic carbocycles. The summed E-state index contributed by atoms with van der Waals surface area (Å²) in [6.07, 6.45) is 3.21. The highest BCUT2D eigenvalue weighted by Crippen LogP contribution is 2.42. The van der Waals surface area contributed by atoms with Gasteiger partial charge in [0.2, 0.25) is 5.75 Å². The van der Waals surface area contributed by atoms with Crippen LogP contribution in [0.25, 0.3) is 0 Å². The van der Waals surface area contributed by atoms with Gasteiger partial charge < -0.3 is 34.3 Å². The molecule has 3 atom stereocenters. The molecule has 2 N–H and O–H groups in total. The molecule has 37 heavy (non-hydrogen) atoms. The third-order valence-corrected chi connectivity index (χ3v) is 7.08. The van der Waals surface area contributed by atoms with Gasteiger partial charge in [0.05, 0.1) is 35.5 Å². The van der Waals surface area contributed by atoms with Crippen LogP contribution in [0.4, 0.5) is 0 Å². The molecule has 0 spiro atoms. The Balaban J connectivity index is 2.16. The Bertz CT molecular complexity index is 925. The van der Waals surface area contributed by atoms with Crippen LogP contribution in [0.5, 0.6) is 28.7 Å². The Labute approximate surface area is 224 Å². The summed E-state index contributed by atoms with van der Waals surface area (Å²) >= 11 is 0. The lowest BCUT2D eigenvalue weighted by atomic mass is 9.80. The molecule has 0 radical (unpaired) electrons. The maximum Gasteiger partial charge on any atom is 0.203 e. The fourth-order valence-electron chi connectivity index (χ4n) is 4.74. The summed E-state index contributed by atoms with van der Waals surface area (Å²) in [5.41, 5.74) is 2.33. The number of ether oxygens (including phenoxy) is 5. The molecule has 0 saturated heterocycles. The zero-order valence-electron chi connectivity index (χ0n) is 24.3. The lowest BCUT2D eigenvalue weighted by molar-refractivity contribution is 0.239. The summed E-state index contributed by atoms with van der Waals surface area (Å²) in [6.45, 7) is 10.8. The summed E-state index contributed by atoms with van der Waals surface area (Å²) in [5, 5.41) is 7.49. The molecule has 2 rings (SSSR count). The van der Waals surface area contributed by atoms with E-state index in [1.807, 2.05) is 12.1 Å². The second kappa shape index (κ2) is 15.6. The molecule has 0 aliphatic rings. The normalized spacial score (nSPS) is 13.7. The second-order valence-electron chi connectivity index (χ2n) is 9.83. The summed E-state index contributed by atoms with van der Waals surface area (Å²) in [5.74, 6) is 4.42. The summed E-state index contributed by atoms with van der Waals surface area (Å²) in [4.78, 5) is 0. The van der Waals surface area contributed by atoms with Crippen molar-refractivity contribution < 1.29 is 23.7 Å². The molecule has 0 heterocycles. The van der Waals surface area contributed by atoms with Gasteiger partial charge in [0.25, 0.3) is 0 Å². The molecule has 2 aromatic rings. The van der Waals surface area contributed by atoms with Crippen LogP contribution >= 0.6 is 0 Å². The van der Waals surface area contributed by atoms with Crippen molar-refractivity contribution >= 4 is 0 Å². The van der Waals surface area contributed by atoms with E-state index in [0.29, 0.717) is 35.1 Å². The van der Waals surface area contributed by atoms with Crippen LogP contribution in [0.1, 0.15) is 64.1 Å². The second-order valence-corrected chi connectivity index (χ2v) is 9.83. The van der Waals surface area contributed by atoms with Gasteiger partial charge in [0.1, 0.15) is 0 Å². The summed E-state index contributed by atoms with van der Waals surface area (Å²) in [7, 11) is 8.30. The quantitative estimate of drug-likeness (QED) is 0.250. The standard InChI is InChI=1S/C30H48N2O5/c1-10-21(4)32-29(23-17-27(35-7)30(37-9)28(18-23)36-8)24(20(2)3)12-11-15-31-19-22-13-14-25(33-5)26(16-22)34-6/h13-14,16-18,20-21,24,29,31-32H,10-12,15,19H2,1-9H3. The number of benzene rings is 2. The van der Waals surface area contributed by atoms with Crippen LogP contribution in [0.3, 0.4) is 0 Å². The third kappa shape index (κ3) is 8.44. The van der Waals surface area contributed by atoms with Crippen molar-refractivity contribution in [2.75, 3.05) is 42.1 Å². The van der Waals surface area contributed by atoms with Gasteiger partial charge in [-0.1, -0.05) is 26.8 Å². The van der Waals surface area contributed by atoms with Gasteiger partial charge >= 0.3 is 0 Å². The van der Waals surface area contributed by atoms with Gasteiger partial charge in [-0.25, -0.2) is 0 Å². The zero-order chi connectivity index (χ0) is 27.4. The van der Waals surface area contributed by atoms with Gasteiger partial charge in [-0.05, 0) is 80.0 Å². The number of hydrogen-bond donors (Lipinski definition) is 2. The summed E-state index contributed by atoms with van der Waals surface area (Å²) in [6, 6.07) is 10.8. The first-order chi connectivity index (χ1) is 17.8. The number of methoxy groups -OCH3 is 5. The first-order valence-electron chi connectivity index (χ1n) is 13.3. The zero-order valence-corrected chi connectivity index (χ0v) is 24.3. The number of rotatable bonds is 17. The van der Waals surface area contributed by atoms with Crippen molar-refractivity contribution in [3.8, 4) is 28.7 Å². The van der Waals surface area contributed by atoms with E-state index in [1.165, 1.54) is 5.56 Å². The highest BCUT2D eigenvalue weighted by Gasteiger charge is 2.29. The average molecular weight is 517 g/mol. The maximum atomic E-state index is 5.67. The van der Waals surface area contributed by atoms with E-state index in [4.69, 9.17) is 23.7 Å². The first-order valence-corrected chi connectivity index (χ1v) is 13.3. The molecule has 0 fully saturated rings. The molecule has 208 valence electrons. The van der Waals surface area contributed by atoms with Crippen molar-refractivity contribution in [1.82, 2.24) is 10.6 Å². The monoisotopic (exact) mass is 516 g/mol. The van der Waals surface area contributed by atoms with Gasteiger partial charge in [-0.3, -0.25) is 0 Å². The molecular weight excluding hydrogens is 468 g/mol. The van der Waals surface area contributed by atoms with Crippen LogP contribution in [0, 0.1) is 11.8 Å². The smallest absolute Gasteiger partial charge is 0.203 e. The van der Waals surface area contributed by atoms with Crippen LogP contribution in [0.15, 0.2) is 30.3 Å². The average Bonchev–Trinajstić information content (AvgIpc) is 2.92. The lowest BCUT2D eigenvalue weighted by Gasteiger charge is -2.34. The molecule has 0 aliphatic carbocycles. The molecule has 0 amide bonds. The Morgan fingerprint density at radius 2 is 1.38 bits per heavy atom. The highest BCUT2D eigenvalue weighted by atomic mass is 16.5. The molecule has 0 aromatic heterocycles. The predicted octanol–water partition coefficient (Wildman–Crippen LogP) is 6.00. The molecule has 0 saturated carbocycles. The number of nitrogens with one attached hydrogen (secondary N) is 2. The fraction of sp³-hybridized carbons (Fsp3) is 0.600. The van der Waals surface area contributed by atoms with Crippen LogP contribution in [-0.4, -0.2) is 48.1 Å². The Morgan fingerprint density at radius 1 is 0.757 bits per heavy atom. The third-order valence-electron chi connectivity index (χ3n) is 7.08.